The summed E-state index contributed by atoms with van der Waals surface area (Å²) in [5.74, 6) is -1.49. The zero-order valence-electron chi connectivity index (χ0n) is 18.5. The van der Waals surface area contributed by atoms with Crippen LogP contribution in [0.1, 0.15) is 18.1 Å². The first-order chi connectivity index (χ1) is 16.8. The molecule has 0 saturated carbocycles. The van der Waals surface area contributed by atoms with E-state index in [0.29, 0.717) is 15.6 Å². The van der Waals surface area contributed by atoms with Crippen molar-refractivity contribution in [2.75, 3.05) is 5.32 Å². The van der Waals surface area contributed by atoms with Crippen molar-refractivity contribution in [1.29, 1.82) is 0 Å². The number of halogens is 3. The standard InChI is InChI=1S/C21H20F3N5O4S3/c1-12(17(30)26-19-27-28-20(34)35-19)25-18(31)16(10-13-6-3-2-4-7-13)29-36(32,33)15-9-5-8-14(11-15)21(22,23)24/h2-9,11-12,16,29H,10H2,1H3,(H,25,31)(H,28,34)(H,26,27,30)/t12-,16-/m0/s1. The van der Waals surface area contributed by atoms with Crippen LogP contribution in [0.15, 0.2) is 59.5 Å². The van der Waals surface area contributed by atoms with E-state index in [1.807, 2.05) is 0 Å². The number of nitrogens with one attached hydrogen (secondary N) is 4. The van der Waals surface area contributed by atoms with Crippen molar-refractivity contribution < 1.29 is 31.2 Å². The van der Waals surface area contributed by atoms with Crippen LogP contribution in [-0.4, -0.2) is 42.5 Å². The maximum Gasteiger partial charge on any atom is 0.416 e. The third kappa shape index (κ3) is 7.43. The van der Waals surface area contributed by atoms with Gasteiger partial charge in [0.15, 0.2) is 3.95 Å². The van der Waals surface area contributed by atoms with Crippen molar-refractivity contribution in [3.05, 3.63) is 69.7 Å². The van der Waals surface area contributed by atoms with Crippen LogP contribution in [-0.2, 0) is 32.2 Å². The van der Waals surface area contributed by atoms with Gasteiger partial charge in [-0.2, -0.15) is 17.9 Å². The number of hydrogen-bond acceptors (Lipinski definition) is 7. The number of anilines is 1. The topological polar surface area (TPSA) is 133 Å². The van der Waals surface area contributed by atoms with Gasteiger partial charge in [-0.05, 0) is 49.3 Å². The van der Waals surface area contributed by atoms with E-state index in [1.165, 1.54) is 6.92 Å². The van der Waals surface area contributed by atoms with E-state index in [9.17, 15) is 31.2 Å². The van der Waals surface area contributed by atoms with Gasteiger partial charge in [0.1, 0.15) is 12.1 Å². The largest absolute Gasteiger partial charge is 0.416 e. The molecule has 2 aromatic carbocycles. The Bertz CT molecular complexity index is 1390. The molecule has 0 radical (unpaired) electrons. The molecule has 36 heavy (non-hydrogen) atoms. The maximum absolute atomic E-state index is 13.1. The Morgan fingerprint density at radius 2 is 1.81 bits per heavy atom. The molecule has 0 aliphatic rings. The van der Waals surface area contributed by atoms with Crippen molar-refractivity contribution in [2.45, 2.75) is 36.5 Å². The monoisotopic (exact) mass is 559 g/mol. The van der Waals surface area contributed by atoms with E-state index in [-0.39, 0.29) is 11.6 Å². The molecule has 0 spiro atoms. The average molecular weight is 560 g/mol. The van der Waals surface area contributed by atoms with Gasteiger partial charge >= 0.3 is 6.18 Å². The van der Waals surface area contributed by atoms with Gasteiger partial charge in [0.25, 0.3) is 0 Å². The molecule has 2 atom stereocenters. The number of aromatic amines is 1. The number of benzene rings is 2. The summed E-state index contributed by atoms with van der Waals surface area (Å²) in [6, 6.07) is 9.02. The summed E-state index contributed by atoms with van der Waals surface area (Å²) < 4.78 is 67.6. The number of alkyl halides is 3. The van der Waals surface area contributed by atoms with Gasteiger partial charge in [-0.25, -0.2) is 8.42 Å². The number of aromatic nitrogens is 2. The Labute approximate surface area is 213 Å². The van der Waals surface area contributed by atoms with E-state index < -0.39 is 50.6 Å². The van der Waals surface area contributed by atoms with Crippen molar-refractivity contribution in [1.82, 2.24) is 20.2 Å². The molecule has 0 fully saturated rings. The Morgan fingerprint density at radius 1 is 1.11 bits per heavy atom. The van der Waals surface area contributed by atoms with Crippen molar-refractivity contribution >= 4 is 50.5 Å². The van der Waals surface area contributed by atoms with Crippen LogP contribution in [0.25, 0.3) is 0 Å². The minimum atomic E-state index is -4.75. The highest BCUT2D eigenvalue weighted by atomic mass is 32.2. The van der Waals surface area contributed by atoms with E-state index >= 15 is 0 Å². The lowest BCUT2D eigenvalue weighted by Gasteiger charge is -2.21. The van der Waals surface area contributed by atoms with E-state index in [1.54, 1.807) is 30.3 Å². The molecule has 0 aliphatic heterocycles. The zero-order chi connectivity index (χ0) is 26.5. The summed E-state index contributed by atoms with van der Waals surface area (Å²) >= 11 is 5.89. The first-order valence-corrected chi connectivity index (χ1v) is 13.0. The van der Waals surface area contributed by atoms with Crippen LogP contribution >= 0.6 is 23.6 Å². The van der Waals surface area contributed by atoms with Gasteiger partial charge in [0, 0.05) is 0 Å². The molecular formula is C21H20F3N5O4S3. The Kier molecular flexibility index (Phi) is 8.60. The normalized spacial score (nSPS) is 13.6. The van der Waals surface area contributed by atoms with Crippen LogP contribution < -0.4 is 15.4 Å². The van der Waals surface area contributed by atoms with Gasteiger partial charge in [0.05, 0.1) is 10.5 Å². The molecule has 0 unspecified atom stereocenters. The lowest BCUT2D eigenvalue weighted by atomic mass is 10.1. The number of carbonyl (C=O) groups excluding carboxylic acids is 2. The number of sulfonamides is 1. The Hall–Kier alpha value is -3.14. The molecule has 1 aromatic heterocycles. The third-order valence-electron chi connectivity index (χ3n) is 4.79. The van der Waals surface area contributed by atoms with Crippen LogP contribution in [0, 0.1) is 3.95 Å². The zero-order valence-corrected chi connectivity index (χ0v) is 20.9. The van der Waals surface area contributed by atoms with Gasteiger partial charge in [-0.1, -0.05) is 47.7 Å². The molecule has 0 aliphatic carbocycles. The van der Waals surface area contributed by atoms with Crippen molar-refractivity contribution in [3.63, 3.8) is 0 Å². The SMILES string of the molecule is C[C@H](NC(=O)[C@H](Cc1ccccc1)NS(=O)(=O)c1cccc(C(F)(F)F)c1)C(=O)Nc1n[nH]c(=S)s1. The number of hydrogen-bond donors (Lipinski definition) is 4. The van der Waals surface area contributed by atoms with E-state index in [0.717, 1.165) is 29.5 Å². The Morgan fingerprint density at radius 3 is 2.42 bits per heavy atom. The predicted octanol–water partition coefficient (Wildman–Crippen LogP) is 3.25. The minimum Gasteiger partial charge on any atom is -0.343 e. The fourth-order valence-corrected chi connectivity index (χ4v) is 5.04. The number of rotatable bonds is 9. The third-order valence-corrected chi connectivity index (χ3v) is 7.26. The number of nitrogens with zero attached hydrogens (tertiary/aromatic N) is 1. The average Bonchev–Trinajstić information content (AvgIpc) is 3.23. The quantitative estimate of drug-likeness (QED) is 0.298. The summed E-state index contributed by atoms with van der Waals surface area (Å²) in [5, 5.41) is 11.3. The van der Waals surface area contributed by atoms with Crippen LogP contribution in [0.2, 0.25) is 0 Å². The summed E-state index contributed by atoms with van der Waals surface area (Å²) in [5.41, 5.74) is -0.570. The molecule has 3 aromatic rings. The lowest BCUT2D eigenvalue weighted by Crippen LogP contribution is -2.52. The molecule has 3 rings (SSSR count). The van der Waals surface area contributed by atoms with Gasteiger partial charge in [-0.15, -0.1) is 5.10 Å². The maximum atomic E-state index is 13.1. The second-order valence-corrected chi connectivity index (χ2v) is 10.9. The summed E-state index contributed by atoms with van der Waals surface area (Å²) in [6.07, 6.45) is -4.88. The molecule has 0 saturated heterocycles. The number of H-pyrrole nitrogens is 1. The minimum absolute atomic E-state index is 0.125. The van der Waals surface area contributed by atoms with Crippen molar-refractivity contribution in [2.24, 2.45) is 0 Å². The van der Waals surface area contributed by atoms with E-state index in [4.69, 9.17) is 12.2 Å². The highest BCUT2D eigenvalue weighted by Crippen LogP contribution is 2.30. The molecule has 1 heterocycles. The fraction of sp³-hybridized carbons (Fsp3) is 0.238. The number of carbonyl (C=O) groups is 2. The molecule has 9 nitrogen and oxygen atoms in total. The first kappa shape index (κ1) is 27.4. The molecule has 0 bridgehead atoms. The van der Waals surface area contributed by atoms with Gasteiger partial charge < -0.3 is 5.32 Å². The van der Waals surface area contributed by atoms with Crippen molar-refractivity contribution in [3.8, 4) is 0 Å². The molecular weight excluding hydrogens is 539 g/mol. The summed E-state index contributed by atoms with van der Waals surface area (Å²) in [6.45, 7) is 1.38. The smallest absolute Gasteiger partial charge is 0.343 e. The molecule has 15 heteroatoms. The van der Waals surface area contributed by atoms with Crippen LogP contribution in [0.5, 0.6) is 0 Å². The highest BCUT2D eigenvalue weighted by Gasteiger charge is 2.33. The van der Waals surface area contributed by atoms with Crippen LogP contribution in [0.3, 0.4) is 0 Å². The number of amides is 2. The second-order valence-electron chi connectivity index (χ2n) is 7.53. The van der Waals surface area contributed by atoms with E-state index in [2.05, 4.69) is 25.6 Å². The second kappa shape index (κ2) is 11.3. The van der Waals surface area contributed by atoms with Crippen LogP contribution in [0.4, 0.5) is 18.3 Å². The molecule has 192 valence electrons. The molecule has 4 N–H and O–H groups in total. The Balaban J connectivity index is 1.81. The summed E-state index contributed by atoms with van der Waals surface area (Å²) in [4.78, 5) is 24.8. The highest BCUT2D eigenvalue weighted by molar-refractivity contribution is 7.89. The van der Waals surface area contributed by atoms with Gasteiger partial charge in [0.2, 0.25) is 27.0 Å². The first-order valence-electron chi connectivity index (χ1n) is 10.3. The predicted molar refractivity (Wildman–Crippen MR) is 129 cm³/mol. The van der Waals surface area contributed by atoms with Gasteiger partial charge in [-0.3, -0.25) is 20.0 Å². The summed E-state index contributed by atoms with van der Waals surface area (Å²) in [7, 11) is -4.54. The molecule has 2 amide bonds. The lowest BCUT2D eigenvalue weighted by molar-refractivity contribution is -0.137. The fourth-order valence-electron chi connectivity index (χ4n) is 3.01.